The highest BCUT2D eigenvalue weighted by Gasteiger charge is 2.43. The predicted molar refractivity (Wildman–Crippen MR) is 115 cm³/mol. The van der Waals surface area contributed by atoms with Crippen molar-refractivity contribution in [3.05, 3.63) is 0 Å². The van der Waals surface area contributed by atoms with Crippen LogP contribution in [0.25, 0.3) is 0 Å². The number of nitrogens with zero attached hydrogens (tertiary/aromatic N) is 5. The van der Waals surface area contributed by atoms with Gasteiger partial charge in [-0.25, -0.2) is 0 Å². The van der Waals surface area contributed by atoms with E-state index in [-0.39, 0.29) is 23.7 Å². The molecule has 1 saturated carbocycles. The number of nitrogens with one attached hydrogen (secondary N) is 1. The highest BCUT2D eigenvalue weighted by molar-refractivity contribution is 7.99. The van der Waals surface area contributed by atoms with E-state index in [1.165, 1.54) is 11.8 Å². The summed E-state index contributed by atoms with van der Waals surface area (Å²) in [6, 6.07) is 2.28. The van der Waals surface area contributed by atoms with Gasteiger partial charge in [-0.05, 0) is 57.3 Å². The summed E-state index contributed by atoms with van der Waals surface area (Å²) in [4.78, 5) is 14.9. The van der Waals surface area contributed by atoms with Crippen LogP contribution >= 0.6 is 11.8 Å². The number of anilines is 1. The van der Waals surface area contributed by atoms with Crippen molar-refractivity contribution in [3.63, 3.8) is 0 Å². The molecule has 3 aliphatic rings. The van der Waals surface area contributed by atoms with Crippen LogP contribution in [0.1, 0.15) is 52.4 Å². The van der Waals surface area contributed by atoms with Gasteiger partial charge in [-0.15, -0.1) is 10.2 Å². The number of rotatable bonds is 8. The molecule has 30 heavy (non-hydrogen) atoms. The maximum Gasteiger partial charge on any atom is 0.231 e. The Morgan fingerprint density at radius 2 is 2.07 bits per heavy atom. The average Bonchev–Trinajstić information content (AvgIpc) is 3.35. The van der Waals surface area contributed by atoms with Crippen molar-refractivity contribution in [1.29, 1.82) is 5.26 Å². The molecule has 1 N–H and O–H groups in total. The van der Waals surface area contributed by atoms with Gasteiger partial charge in [0.15, 0.2) is 5.16 Å². The molecule has 2 aliphatic heterocycles. The van der Waals surface area contributed by atoms with E-state index in [4.69, 9.17) is 4.74 Å². The van der Waals surface area contributed by atoms with E-state index in [2.05, 4.69) is 38.0 Å². The Morgan fingerprint density at radius 1 is 1.30 bits per heavy atom. The van der Waals surface area contributed by atoms with Crippen molar-refractivity contribution in [3.8, 4) is 6.07 Å². The molecule has 0 radical (unpaired) electrons. The Morgan fingerprint density at radius 3 is 2.70 bits per heavy atom. The molecule has 1 amide bonds. The van der Waals surface area contributed by atoms with Gasteiger partial charge in [0.25, 0.3) is 0 Å². The van der Waals surface area contributed by atoms with Crippen LogP contribution in [0, 0.1) is 23.2 Å². The number of amides is 1. The minimum atomic E-state index is -0.765. The summed E-state index contributed by atoms with van der Waals surface area (Å²) in [5.74, 6) is 2.00. The van der Waals surface area contributed by atoms with Crippen LogP contribution in [0.4, 0.5) is 5.95 Å². The molecule has 0 aromatic carbocycles. The molecule has 2 atom stereocenters. The number of nitriles is 1. The molecular formula is C21H32N6O2S. The molecule has 8 nitrogen and oxygen atoms in total. The van der Waals surface area contributed by atoms with Crippen molar-refractivity contribution in [2.24, 2.45) is 11.8 Å². The molecule has 0 bridgehead atoms. The fraction of sp³-hybridized carbons (Fsp3) is 0.810. The van der Waals surface area contributed by atoms with Gasteiger partial charge >= 0.3 is 0 Å². The van der Waals surface area contributed by atoms with Crippen LogP contribution in [0.15, 0.2) is 5.16 Å². The van der Waals surface area contributed by atoms with Crippen LogP contribution in [0.2, 0.25) is 0 Å². The number of aromatic nitrogens is 3. The van der Waals surface area contributed by atoms with Gasteiger partial charge in [0.1, 0.15) is 5.54 Å². The number of hydrogen-bond acceptors (Lipinski definition) is 7. The summed E-state index contributed by atoms with van der Waals surface area (Å²) in [6.07, 6.45) is 6.63. The Kier molecular flexibility index (Phi) is 6.54. The molecule has 1 aromatic heterocycles. The number of ether oxygens (including phenoxy) is 1. The number of carbonyl (C=O) groups excluding carboxylic acids is 1. The van der Waals surface area contributed by atoms with Crippen LogP contribution in [-0.4, -0.2) is 57.8 Å². The molecule has 3 fully saturated rings. The SMILES string of the molecule is CC1CCN(c2nnc(SCC(=O)NC(C)(C#N)C3CC3)n2CC2CCCO2)CC1. The number of carbonyl (C=O) groups is 1. The number of thioether (sulfide) groups is 1. The molecule has 4 rings (SSSR count). The van der Waals surface area contributed by atoms with Crippen molar-refractivity contribution in [2.75, 3.05) is 30.3 Å². The minimum absolute atomic E-state index is 0.129. The highest BCUT2D eigenvalue weighted by atomic mass is 32.2. The normalized spacial score (nSPS) is 24.4. The first kappa shape index (κ1) is 21.4. The Hall–Kier alpha value is -1.79. The molecular weight excluding hydrogens is 400 g/mol. The van der Waals surface area contributed by atoms with Crippen LogP contribution < -0.4 is 10.2 Å². The first-order valence-electron chi connectivity index (χ1n) is 11.1. The lowest BCUT2D eigenvalue weighted by Gasteiger charge is -2.31. The van der Waals surface area contributed by atoms with Gasteiger partial charge < -0.3 is 15.0 Å². The lowest BCUT2D eigenvalue weighted by atomic mass is 9.98. The molecule has 3 heterocycles. The highest BCUT2D eigenvalue weighted by Crippen LogP contribution is 2.39. The second-order valence-electron chi connectivity index (χ2n) is 9.12. The summed E-state index contributed by atoms with van der Waals surface area (Å²) in [5.41, 5.74) is -0.765. The Balaban J connectivity index is 1.43. The van der Waals surface area contributed by atoms with Gasteiger partial charge in [0.05, 0.1) is 24.5 Å². The van der Waals surface area contributed by atoms with E-state index < -0.39 is 5.54 Å². The zero-order chi connectivity index (χ0) is 21.1. The third kappa shape index (κ3) is 4.92. The van der Waals surface area contributed by atoms with Crippen molar-refractivity contribution in [1.82, 2.24) is 20.1 Å². The molecule has 164 valence electrons. The monoisotopic (exact) mass is 432 g/mol. The van der Waals surface area contributed by atoms with Gasteiger partial charge in [-0.3, -0.25) is 9.36 Å². The maximum atomic E-state index is 12.5. The van der Waals surface area contributed by atoms with E-state index in [1.807, 2.05) is 6.92 Å². The number of hydrogen-bond donors (Lipinski definition) is 1. The number of piperidine rings is 1. The van der Waals surface area contributed by atoms with E-state index in [9.17, 15) is 10.1 Å². The van der Waals surface area contributed by atoms with Gasteiger partial charge in [-0.2, -0.15) is 5.26 Å². The van der Waals surface area contributed by atoms with Gasteiger partial charge in [0, 0.05) is 19.7 Å². The maximum absolute atomic E-state index is 12.5. The van der Waals surface area contributed by atoms with E-state index in [0.717, 1.165) is 81.8 Å². The fourth-order valence-electron chi connectivity index (χ4n) is 4.32. The second-order valence-corrected chi connectivity index (χ2v) is 10.1. The minimum Gasteiger partial charge on any atom is -0.376 e. The van der Waals surface area contributed by atoms with Gasteiger partial charge in [0.2, 0.25) is 11.9 Å². The van der Waals surface area contributed by atoms with Crippen LogP contribution in [-0.2, 0) is 16.1 Å². The lowest BCUT2D eigenvalue weighted by molar-refractivity contribution is -0.119. The molecule has 9 heteroatoms. The summed E-state index contributed by atoms with van der Waals surface area (Å²) < 4.78 is 7.99. The van der Waals surface area contributed by atoms with Crippen LogP contribution in [0.3, 0.4) is 0 Å². The summed E-state index contributed by atoms with van der Waals surface area (Å²) in [6.45, 7) is 7.61. The average molecular weight is 433 g/mol. The standard InChI is InChI=1S/C21H32N6O2S/c1-15-7-9-26(10-8-15)19-24-25-20(27(19)12-17-4-3-11-29-17)30-13-18(28)23-21(2,14-22)16-5-6-16/h15-17H,3-13H2,1-2H3,(H,23,28). The molecule has 1 aliphatic carbocycles. The third-order valence-corrected chi connectivity index (χ3v) is 7.50. The Bertz CT molecular complexity index is 790. The first-order valence-corrected chi connectivity index (χ1v) is 12.1. The third-order valence-electron chi connectivity index (χ3n) is 6.53. The zero-order valence-corrected chi connectivity index (χ0v) is 18.8. The van der Waals surface area contributed by atoms with Gasteiger partial charge in [-0.1, -0.05) is 18.7 Å². The van der Waals surface area contributed by atoms with Crippen LogP contribution in [0.5, 0.6) is 0 Å². The summed E-state index contributed by atoms with van der Waals surface area (Å²) in [5, 5.41) is 22.1. The second kappa shape index (κ2) is 9.15. The first-order chi connectivity index (χ1) is 14.5. The van der Waals surface area contributed by atoms with Crippen molar-refractivity contribution < 1.29 is 9.53 Å². The molecule has 2 saturated heterocycles. The van der Waals surface area contributed by atoms with E-state index in [1.54, 1.807) is 0 Å². The zero-order valence-electron chi connectivity index (χ0n) is 18.0. The summed E-state index contributed by atoms with van der Waals surface area (Å²) >= 11 is 1.39. The quantitative estimate of drug-likeness (QED) is 0.631. The smallest absolute Gasteiger partial charge is 0.231 e. The predicted octanol–water partition coefficient (Wildman–Crippen LogP) is 2.59. The summed E-state index contributed by atoms with van der Waals surface area (Å²) in [7, 11) is 0. The Labute approximate surface area is 182 Å². The lowest BCUT2D eigenvalue weighted by Crippen LogP contribution is -2.47. The van der Waals surface area contributed by atoms with Crippen molar-refractivity contribution in [2.45, 2.75) is 75.7 Å². The van der Waals surface area contributed by atoms with Crippen molar-refractivity contribution >= 4 is 23.6 Å². The molecule has 0 spiro atoms. The topological polar surface area (TPSA) is 96.1 Å². The molecule has 1 aromatic rings. The van der Waals surface area contributed by atoms with E-state index in [0.29, 0.717) is 0 Å². The van der Waals surface area contributed by atoms with E-state index >= 15 is 0 Å². The molecule has 2 unspecified atom stereocenters. The fourth-order valence-corrected chi connectivity index (χ4v) is 5.06. The largest absolute Gasteiger partial charge is 0.376 e.